The molecule has 0 aliphatic carbocycles. The lowest BCUT2D eigenvalue weighted by atomic mass is 10.0. The van der Waals surface area contributed by atoms with E-state index in [0.717, 1.165) is 21.7 Å². The highest BCUT2D eigenvalue weighted by Crippen LogP contribution is 2.35. The smallest absolute Gasteiger partial charge is 0.264 e. The van der Waals surface area contributed by atoms with Crippen LogP contribution in [0.1, 0.15) is 0 Å². The number of nitro groups is 1. The SMILES string of the molecule is O=[N+]([O-])c1cccc(-c2csc(-c3cnccc3-c3ccc(F)cc3)n2)c1. The first-order valence-electron chi connectivity index (χ1n) is 8.02. The summed E-state index contributed by atoms with van der Waals surface area (Å²) in [4.78, 5) is 19.4. The summed E-state index contributed by atoms with van der Waals surface area (Å²) in [6, 6.07) is 14.5. The Morgan fingerprint density at radius 2 is 1.81 bits per heavy atom. The van der Waals surface area contributed by atoms with Gasteiger partial charge in [0.05, 0.1) is 10.6 Å². The summed E-state index contributed by atoms with van der Waals surface area (Å²) < 4.78 is 13.2. The normalized spacial score (nSPS) is 10.7. The van der Waals surface area contributed by atoms with Gasteiger partial charge in [-0.1, -0.05) is 24.3 Å². The molecule has 0 atom stereocenters. The monoisotopic (exact) mass is 377 g/mol. The van der Waals surface area contributed by atoms with Crippen LogP contribution in [0.3, 0.4) is 0 Å². The molecule has 2 heterocycles. The van der Waals surface area contributed by atoms with Crippen molar-refractivity contribution in [3.8, 4) is 33.0 Å². The summed E-state index contributed by atoms with van der Waals surface area (Å²) in [5.41, 5.74) is 3.94. The minimum absolute atomic E-state index is 0.0235. The average molecular weight is 377 g/mol. The number of hydrogen-bond donors (Lipinski definition) is 0. The van der Waals surface area contributed by atoms with Gasteiger partial charge in [-0.3, -0.25) is 15.1 Å². The molecule has 2 aromatic heterocycles. The third-order valence-electron chi connectivity index (χ3n) is 4.06. The summed E-state index contributed by atoms with van der Waals surface area (Å²) in [6.07, 6.45) is 3.39. The lowest BCUT2D eigenvalue weighted by molar-refractivity contribution is -0.384. The van der Waals surface area contributed by atoms with Gasteiger partial charge in [0.1, 0.15) is 10.8 Å². The topological polar surface area (TPSA) is 68.9 Å². The Hall–Kier alpha value is -3.45. The minimum atomic E-state index is -0.426. The van der Waals surface area contributed by atoms with Gasteiger partial charge in [-0.25, -0.2) is 9.37 Å². The summed E-state index contributed by atoms with van der Waals surface area (Å²) in [6.45, 7) is 0. The first-order chi connectivity index (χ1) is 13.1. The summed E-state index contributed by atoms with van der Waals surface area (Å²) >= 11 is 1.43. The highest BCUT2D eigenvalue weighted by molar-refractivity contribution is 7.13. The first kappa shape index (κ1) is 17.0. The quantitative estimate of drug-likeness (QED) is 0.343. The lowest BCUT2D eigenvalue weighted by Crippen LogP contribution is -1.89. The van der Waals surface area contributed by atoms with Gasteiger partial charge in [0, 0.05) is 41.0 Å². The number of nitrogens with zero attached hydrogens (tertiary/aromatic N) is 3. The molecule has 0 aliphatic rings. The highest BCUT2D eigenvalue weighted by atomic mass is 32.1. The van der Waals surface area contributed by atoms with Gasteiger partial charge < -0.3 is 0 Å². The number of non-ortho nitro benzene ring substituents is 1. The van der Waals surface area contributed by atoms with E-state index in [2.05, 4.69) is 9.97 Å². The van der Waals surface area contributed by atoms with E-state index in [0.29, 0.717) is 11.3 Å². The molecule has 27 heavy (non-hydrogen) atoms. The van der Waals surface area contributed by atoms with Crippen molar-refractivity contribution in [2.75, 3.05) is 0 Å². The van der Waals surface area contributed by atoms with Crippen LogP contribution >= 0.6 is 11.3 Å². The molecule has 0 aliphatic heterocycles. The number of thiazole rings is 1. The van der Waals surface area contributed by atoms with E-state index >= 15 is 0 Å². The first-order valence-corrected chi connectivity index (χ1v) is 8.90. The van der Waals surface area contributed by atoms with Crippen molar-refractivity contribution in [3.05, 3.63) is 88.3 Å². The molecule has 7 heteroatoms. The molecular weight excluding hydrogens is 365 g/mol. The Morgan fingerprint density at radius 1 is 1.00 bits per heavy atom. The third kappa shape index (κ3) is 3.45. The Kier molecular flexibility index (Phi) is 4.43. The Balaban J connectivity index is 1.75. The fraction of sp³-hybridized carbons (Fsp3) is 0. The van der Waals surface area contributed by atoms with Crippen LogP contribution in [0.15, 0.2) is 72.4 Å². The molecule has 0 spiro atoms. The molecule has 0 amide bonds. The minimum Gasteiger partial charge on any atom is -0.264 e. The maximum atomic E-state index is 13.2. The number of aromatic nitrogens is 2. The number of nitro benzene ring substituents is 1. The van der Waals surface area contributed by atoms with E-state index < -0.39 is 4.92 Å². The van der Waals surface area contributed by atoms with Crippen LogP contribution in [0.4, 0.5) is 10.1 Å². The van der Waals surface area contributed by atoms with Crippen molar-refractivity contribution in [1.29, 1.82) is 0 Å². The molecule has 0 saturated carbocycles. The fourth-order valence-electron chi connectivity index (χ4n) is 2.75. The van der Waals surface area contributed by atoms with Gasteiger partial charge in [-0.05, 0) is 29.3 Å². The lowest BCUT2D eigenvalue weighted by Gasteiger charge is -2.07. The Labute approximate surface area is 158 Å². The molecule has 0 unspecified atom stereocenters. The number of pyridine rings is 1. The molecule has 2 aromatic carbocycles. The molecule has 0 fully saturated rings. The molecular formula is C20H12FN3O2S. The van der Waals surface area contributed by atoms with Gasteiger partial charge in [0.25, 0.3) is 5.69 Å². The van der Waals surface area contributed by atoms with Crippen molar-refractivity contribution in [3.63, 3.8) is 0 Å². The van der Waals surface area contributed by atoms with Gasteiger partial charge in [0.2, 0.25) is 0 Å². The van der Waals surface area contributed by atoms with Crippen LogP contribution in [-0.2, 0) is 0 Å². The maximum absolute atomic E-state index is 13.2. The van der Waals surface area contributed by atoms with E-state index in [1.807, 2.05) is 11.4 Å². The van der Waals surface area contributed by atoms with Gasteiger partial charge in [-0.15, -0.1) is 11.3 Å². The largest absolute Gasteiger partial charge is 0.270 e. The van der Waals surface area contributed by atoms with E-state index in [4.69, 9.17) is 0 Å². The molecule has 4 rings (SSSR count). The standard InChI is InChI=1S/C20H12FN3O2S/c21-15-6-4-13(5-7-15)17-8-9-22-11-18(17)20-23-19(12-27-20)14-2-1-3-16(10-14)24(25)26/h1-12H. The van der Waals surface area contributed by atoms with Crippen molar-refractivity contribution in [2.45, 2.75) is 0 Å². The Morgan fingerprint density at radius 3 is 2.59 bits per heavy atom. The zero-order valence-corrected chi connectivity index (χ0v) is 14.7. The average Bonchev–Trinajstić information content (AvgIpc) is 3.19. The van der Waals surface area contributed by atoms with Crippen molar-refractivity contribution in [2.24, 2.45) is 0 Å². The van der Waals surface area contributed by atoms with Crippen LogP contribution in [0.25, 0.3) is 33.0 Å². The number of rotatable bonds is 4. The third-order valence-corrected chi connectivity index (χ3v) is 4.94. The number of hydrogen-bond acceptors (Lipinski definition) is 5. The van der Waals surface area contributed by atoms with E-state index in [-0.39, 0.29) is 11.5 Å². The summed E-state index contributed by atoms with van der Waals surface area (Å²) in [5, 5.41) is 13.6. The molecule has 0 saturated heterocycles. The van der Waals surface area contributed by atoms with Crippen molar-refractivity contribution in [1.82, 2.24) is 9.97 Å². The van der Waals surface area contributed by atoms with Crippen molar-refractivity contribution < 1.29 is 9.31 Å². The molecule has 0 radical (unpaired) electrons. The molecule has 0 N–H and O–H groups in total. The van der Waals surface area contributed by atoms with E-state index in [9.17, 15) is 14.5 Å². The second-order valence-corrected chi connectivity index (χ2v) is 6.63. The van der Waals surface area contributed by atoms with Crippen LogP contribution in [0, 0.1) is 15.9 Å². The van der Waals surface area contributed by atoms with Crippen LogP contribution < -0.4 is 0 Å². The molecule has 0 bridgehead atoms. The zero-order valence-electron chi connectivity index (χ0n) is 13.9. The van der Waals surface area contributed by atoms with Gasteiger partial charge in [0.15, 0.2) is 0 Å². The molecule has 5 nitrogen and oxygen atoms in total. The van der Waals surface area contributed by atoms with Gasteiger partial charge >= 0.3 is 0 Å². The molecule has 4 aromatic rings. The maximum Gasteiger partial charge on any atom is 0.270 e. The predicted molar refractivity (Wildman–Crippen MR) is 103 cm³/mol. The van der Waals surface area contributed by atoms with E-state index in [1.165, 1.54) is 35.6 Å². The van der Waals surface area contributed by atoms with Crippen molar-refractivity contribution >= 4 is 17.0 Å². The van der Waals surface area contributed by atoms with Crippen LogP contribution in [0.5, 0.6) is 0 Å². The Bertz CT molecular complexity index is 1130. The second kappa shape index (κ2) is 7.05. The van der Waals surface area contributed by atoms with Crippen LogP contribution in [-0.4, -0.2) is 14.9 Å². The number of benzene rings is 2. The summed E-state index contributed by atoms with van der Waals surface area (Å²) in [5.74, 6) is -0.295. The van der Waals surface area contributed by atoms with E-state index in [1.54, 1.807) is 36.7 Å². The highest BCUT2D eigenvalue weighted by Gasteiger charge is 2.14. The predicted octanol–water partition coefficient (Wildman–Crippen LogP) is 5.59. The summed E-state index contributed by atoms with van der Waals surface area (Å²) in [7, 11) is 0. The second-order valence-electron chi connectivity index (χ2n) is 5.77. The fourth-order valence-corrected chi connectivity index (χ4v) is 3.61. The number of halogens is 1. The van der Waals surface area contributed by atoms with Gasteiger partial charge in [-0.2, -0.15) is 0 Å². The zero-order chi connectivity index (χ0) is 18.8. The van der Waals surface area contributed by atoms with Crippen LogP contribution in [0.2, 0.25) is 0 Å². The molecule has 132 valence electrons.